The van der Waals surface area contributed by atoms with Crippen molar-refractivity contribution in [1.29, 1.82) is 0 Å². The van der Waals surface area contributed by atoms with Crippen LogP contribution in [0.15, 0.2) is 30.6 Å². The Hall–Kier alpha value is -2.14. The fourth-order valence-corrected chi connectivity index (χ4v) is 4.13. The lowest BCUT2D eigenvalue weighted by atomic mass is 9.97. The maximum absolute atomic E-state index is 9.59. The summed E-state index contributed by atoms with van der Waals surface area (Å²) >= 11 is 1.79. The Balaban J connectivity index is 1.83. The van der Waals surface area contributed by atoms with E-state index in [2.05, 4.69) is 15.3 Å². The summed E-state index contributed by atoms with van der Waals surface area (Å²) in [6.07, 6.45) is 6.37. The molecule has 4 nitrogen and oxygen atoms in total. The molecule has 2 aromatic heterocycles. The first kappa shape index (κ1) is 12.6. The van der Waals surface area contributed by atoms with Crippen LogP contribution >= 0.6 is 11.3 Å². The molecule has 0 bridgehead atoms. The number of hydrogen-bond donors (Lipinski definition) is 2. The van der Waals surface area contributed by atoms with E-state index in [9.17, 15) is 5.11 Å². The van der Waals surface area contributed by atoms with Crippen LogP contribution in [0, 0.1) is 0 Å². The molecule has 0 amide bonds. The lowest BCUT2D eigenvalue weighted by Gasteiger charge is -2.12. The zero-order valence-corrected chi connectivity index (χ0v) is 12.3. The Morgan fingerprint density at radius 1 is 1.14 bits per heavy atom. The number of nitrogens with zero attached hydrogens (tertiary/aromatic N) is 2. The minimum absolute atomic E-state index is 0.248. The fraction of sp³-hybridized carbons (Fsp3) is 0.250. The first-order valence-electron chi connectivity index (χ1n) is 7.12. The molecular formula is C16H15N3OS. The number of benzene rings is 1. The number of fused-ring (bicyclic) bond motifs is 3. The van der Waals surface area contributed by atoms with Gasteiger partial charge in [0.05, 0.1) is 5.39 Å². The van der Waals surface area contributed by atoms with Crippen molar-refractivity contribution in [3.8, 4) is 5.75 Å². The molecule has 2 heterocycles. The smallest absolute Gasteiger partial charge is 0.142 e. The van der Waals surface area contributed by atoms with E-state index in [0.717, 1.165) is 34.6 Å². The minimum Gasteiger partial charge on any atom is -0.508 e. The summed E-state index contributed by atoms with van der Waals surface area (Å²) in [7, 11) is 0. The third-order valence-corrected chi connectivity index (χ3v) is 5.06. The first-order valence-corrected chi connectivity index (χ1v) is 7.94. The highest BCUT2D eigenvalue weighted by Gasteiger charge is 2.19. The molecule has 0 spiro atoms. The van der Waals surface area contributed by atoms with Crippen molar-refractivity contribution in [1.82, 2.24) is 9.97 Å². The number of rotatable bonds is 2. The van der Waals surface area contributed by atoms with E-state index in [1.807, 2.05) is 12.1 Å². The molecule has 0 saturated carbocycles. The fourth-order valence-electron chi connectivity index (χ4n) is 2.91. The summed E-state index contributed by atoms with van der Waals surface area (Å²) in [6, 6.07) is 7.10. The van der Waals surface area contributed by atoms with Crippen LogP contribution in [0.5, 0.6) is 5.75 Å². The number of hydrogen-bond acceptors (Lipinski definition) is 5. The molecule has 4 rings (SSSR count). The van der Waals surface area contributed by atoms with Gasteiger partial charge in [-0.25, -0.2) is 9.97 Å². The Morgan fingerprint density at radius 3 is 2.95 bits per heavy atom. The number of thiophene rings is 1. The SMILES string of the molecule is Oc1cccc(Nc2ncnc3sc4c(c23)CCCC4)c1. The van der Waals surface area contributed by atoms with Crippen LogP contribution in [-0.4, -0.2) is 15.1 Å². The third kappa shape index (κ3) is 2.23. The molecule has 5 heteroatoms. The molecule has 0 fully saturated rings. The Bertz CT molecular complexity index is 812. The zero-order valence-electron chi connectivity index (χ0n) is 11.5. The van der Waals surface area contributed by atoms with E-state index in [4.69, 9.17) is 0 Å². The van der Waals surface area contributed by atoms with E-state index in [0.29, 0.717) is 0 Å². The van der Waals surface area contributed by atoms with Gasteiger partial charge in [0.2, 0.25) is 0 Å². The number of aromatic hydroxyl groups is 1. The second kappa shape index (κ2) is 5.00. The summed E-state index contributed by atoms with van der Waals surface area (Å²) in [5.41, 5.74) is 2.25. The van der Waals surface area contributed by atoms with Crippen molar-refractivity contribution in [3.63, 3.8) is 0 Å². The number of phenols is 1. The number of aromatic nitrogens is 2. The van der Waals surface area contributed by atoms with Gasteiger partial charge in [0.1, 0.15) is 22.7 Å². The van der Waals surface area contributed by atoms with E-state index < -0.39 is 0 Å². The molecule has 106 valence electrons. The molecule has 0 saturated heterocycles. The predicted octanol–water partition coefficient (Wildman–Crippen LogP) is 4.02. The van der Waals surface area contributed by atoms with Crippen molar-refractivity contribution in [2.24, 2.45) is 0 Å². The highest BCUT2D eigenvalue weighted by molar-refractivity contribution is 7.19. The Labute approximate surface area is 126 Å². The summed E-state index contributed by atoms with van der Waals surface area (Å²) in [4.78, 5) is 11.3. The maximum Gasteiger partial charge on any atom is 0.142 e. The second-order valence-corrected chi connectivity index (χ2v) is 6.37. The molecule has 3 aromatic rings. The van der Waals surface area contributed by atoms with Crippen LogP contribution in [0.25, 0.3) is 10.2 Å². The molecule has 21 heavy (non-hydrogen) atoms. The quantitative estimate of drug-likeness (QED) is 0.750. The van der Waals surface area contributed by atoms with Gasteiger partial charge in [0.25, 0.3) is 0 Å². The van der Waals surface area contributed by atoms with Gasteiger partial charge in [0.15, 0.2) is 0 Å². The normalized spacial score (nSPS) is 14.1. The largest absolute Gasteiger partial charge is 0.508 e. The average Bonchev–Trinajstić information content (AvgIpc) is 2.87. The van der Waals surface area contributed by atoms with Gasteiger partial charge in [-0.15, -0.1) is 11.3 Å². The minimum atomic E-state index is 0.248. The van der Waals surface area contributed by atoms with Gasteiger partial charge in [-0.3, -0.25) is 0 Å². The zero-order chi connectivity index (χ0) is 14.2. The van der Waals surface area contributed by atoms with Crippen molar-refractivity contribution < 1.29 is 5.11 Å². The molecule has 0 atom stereocenters. The molecule has 0 aliphatic heterocycles. The Morgan fingerprint density at radius 2 is 2.05 bits per heavy atom. The standard InChI is InChI=1S/C16H15N3OS/c20-11-5-3-4-10(8-11)19-15-14-12-6-1-2-7-13(12)21-16(14)18-9-17-15/h3-5,8-9,20H,1-2,6-7H2,(H,17,18,19). The molecule has 2 N–H and O–H groups in total. The molecule has 1 aromatic carbocycles. The average molecular weight is 297 g/mol. The van der Waals surface area contributed by atoms with Crippen molar-refractivity contribution >= 4 is 33.1 Å². The van der Waals surface area contributed by atoms with Crippen LogP contribution in [0.2, 0.25) is 0 Å². The van der Waals surface area contributed by atoms with Gasteiger partial charge < -0.3 is 10.4 Å². The Kier molecular flexibility index (Phi) is 3.00. The monoisotopic (exact) mass is 297 g/mol. The van der Waals surface area contributed by atoms with Crippen LogP contribution in [-0.2, 0) is 12.8 Å². The van der Waals surface area contributed by atoms with Crippen molar-refractivity contribution in [2.75, 3.05) is 5.32 Å². The van der Waals surface area contributed by atoms with E-state index >= 15 is 0 Å². The maximum atomic E-state index is 9.59. The number of phenolic OH excluding ortho intramolecular Hbond substituents is 1. The molecular weight excluding hydrogens is 282 g/mol. The topological polar surface area (TPSA) is 58.0 Å². The number of nitrogens with one attached hydrogen (secondary N) is 1. The van der Waals surface area contributed by atoms with Gasteiger partial charge in [0, 0.05) is 16.6 Å². The molecule has 0 unspecified atom stereocenters. The highest BCUT2D eigenvalue weighted by Crippen LogP contribution is 2.38. The van der Waals surface area contributed by atoms with Crippen molar-refractivity contribution in [2.45, 2.75) is 25.7 Å². The summed E-state index contributed by atoms with van der Waals surface area (Å²) in [5, 5.41) is 14.1. The summed E-state index contributed by atoms with van der Waals surface area (Å²) in [5.74, 6) is 1.09. The van der Waals surface area contributed by atoms with Gasteiger partial charge in [-0.2, -0.15) is 0 Å². The highest BCUT2D eigenvalue weighted by atomic mass is 32.1. The van der Waals surface area contributed by atoms with Crippen LogP contribution in [0.1, 0.15) is 23.3 Å². The van der Waals surface area contributed by atoms with E-state index in [-0.39, 0.29) is 5.75 Å². The van der Waals surface area contributed by atoms with E-state index in [1.165, 1.54) is 23.3 Å². The lowest BCUT2D eigenvalue weighted by molar-refractivity contribution is 0.475. The summed E-state index contributed by atoms with van der Waals surface area (Å²) < 4.78 is 0. The van der Waals surface area contributed by atoms with Crippen LogP contribution < -0.4 is 5.32 Å². The molecule has 1 aliphatic rings. The molecule has 0 radical (unpaired) electrons. The van der Waals surface area contributed by atoms with Crippen LogP contribution in [0.4, 0.5) is 11.5 Å². The van der Waals surface area contributed by atoms with Gasteiger partial charge in [-0.1, -0.05) is 6.07 Å². The third-order valence-electron chi connectivity index (χ3n) is 3.86. The molecule has 1 aliphatic carbocycles. The van der Waals surface area contributed by atoms with Gasteiger partial charge in [-0.05, 0) is 43.4 Å². The van der Waals surface area contributed by atoms with Gasteiger partial charge >= 0.3 is 0 Å². The van der Waals surface area contributed by atoms with Crippen LogP contribution in [0.3, 0.4) is 0 Å². The lowest BCUT2D eigenvalue weighted by Crippen LogP contribution is -2.00. The first-order chi connectivity index (χ1) is 10.3. The predicted molar refractivity (Wildman–Crippen MR) is 85.4 cm³/mol. The number of aryl methyl sites for hydroxylation is 2. The van der Waals surface area contributed by atoms with E-state index in [1.54, 1.807) is 29.8 Å². The number of anilines is 2. The second-order valence-electron chi connectivity index (χ2n) is 5.29. The van der Waals surface area contributed by atoms with Crippen molar-refractivity contribution in [3.05, 3.63) is 41.0 Å². The summed E-state index contributed by atoms with van der Waals surface area (Å²) in [6.45, 7) is 0.